The summed E-state index contributed by atoms with van der Waals surface area (Å²) in [6.07, 6.45) is 5.14. The van der Waals surface area contributed by atoms with Crippen molar-refractivity contribution in [2.45, 2.75) is 25.3 Å². The van der Waals surface area contributed by atoms with E-state index in [2.05, 4.69) is 10.1 Å². The van der Waals surface area contributed by atoms with Crippen LogP contribution in [0.5, 0.6) is 0 Å². The lowest BCUT2D eigenvalue weighted by Crippen LogP contribution is -2.40. The molecule has 0 radical (unpaired) electrons. The van der Waals surface area contributed by atoms with E-state index < -0.39 is 5.91 Å². The topological polar surface area (TPSA) is 107 Å². The Kier molecular flexibility index (Phi) is 4.92. The van der Waals surface area contributed by atoms with Gasteiger partial charge in [0.2, 0.25) is 5.91 Å². The van der Waals surface area contributed by atoms with Gasteiger partial charge in [-0.3, -0.25) is 9.59 Å². The Labute approximate surface area is 161 Å². The summed E-state index contributed by atoms with van der Waals surface area (Å²) in [5.74, 6) is 0.811. The Bertz CT molecular complexity index is 979. The molecule has 0 spiro atoms. The molecule has 2 N–H and O–H groups in total. The Morgan fingerprint density at radius 1 is 1.25 bits per heavy atom. The predicted octanol–water partition coefficient (Wildman–Crippen LogP) is 2.04. The molecule has 1 aliphatic rings. The van der Waals surface area contributed by atoms with Crippen molar-refractivity contribution in [3.8, 4) is 11.3 Å². The highest BCUT2D eigenvalue weighted by Crippen LogP contribution is 2.27. The first-order valence-electron chi connectivity index (χ1n) is 9.22. The first-order chi connectivity index (χ1) is 13.6. The molecule has 2 amide bonds. The first-order valence-corrected chi connectivity index (χ1v) is 9.22. The summed E-state index contributed by atoms with van der Waals surface area (Å²) in [7, 11) is 0. The second kappa shape index (κ2) is 7.67. The molecule has 4 rings (SSSR count). The minimum absolute atomic E-state index is 0.0487. The van der Waals surface area contributed by atoms with E-state index in [1.807, 2.05) is 30.3 Å². The van der Waals surface area contributed by atoms with Crippen LogP contribution in [0.1, 0.15) is 35.1 Å². The standard InChI is InChI=1S/C20H21N5O3/c21-18(26)13-24-10-8-22-19(24)15-7-4-9-25(12-15)20(27)16-11-17(28-23-16)14-5-2-1-3-6-14/h1-3,5-6,8,10-11,15H,4,7,9,12-13H2,(H2,21,26). The summed E-state index contributed by atoms with van der Waals surface area (Å²) in [5, 5.41) is 3.96. The third kappa shape index (κ3) is 3.66. The lowest BCUT2D eigenvalue weighted by molar-refractivity contribution is -0.118. The normalized spacial score (nSPS) is 16.9. The quantitative estimate of drug-likeness (QED) is 0.730. The van der Waals surface area contributed by atoms with Gasteiger partial charge in [-0.15, -0.1) is 0 Å². The van der Waals surface area contributed by atoms with Gasteiger partial charge in [0.1, 0.15) is 12.4 Å². The fourth-order valence-electron chi connectivity index (χ4n) is 3.63. The molecule has 0 aliphatic carbocycles. The molecular weight excluding hydrogens is 358 g/mol. The molecule has 8 nitrogen and oxygen atoms in total. The van der Waals surface area contributed by atoms with E-state index in [9.17, 15) is 9.59 Å². The number of rotatable bonds is 5. The maximum Gasteiger partial charge on any atom is 0.276 e. The third-order valence-corrected chi connectivity index (χ3v) is 4.94. The molecule has 1 aromatic carbocycles. The highest BCUT2D eigenvalue weighted by molar-refractivity contribution is 5.93. The second-order valence-electron chi connectivity index (χ2n) is 6.91. The monoisotopic (exact) mass is 379 g/mol. The summed E-state index contributed by atoms with van der Waals surface area (Å²) >= 11 is 0. The number of likely N-dealkylation sites (tertiary alicyclic amines) is 1. The van der Waals surface area contributed by atoms with Gasteiger partial charge in [-0.2, -0.15) is 0 Å². The maximum atomic E-state index is 12.9. The number of hydrogen-bond donors (Lipinski definition) is 1. The average Bonchev–Trinajstić information content (AvgIpc) is 3.37. The van der Waals surface area contributed by atoms with E-state index in [1.54, 1.807) is 27.9 Å². The molecular formula is C20H21N5O3. The first kappa shape index (κ1) is 18.0. The van der Waals surface area contributed by atoms with Crippen LogP contribution in [-0.2, 0) is 11.3 Å². The number of amides is 2. The maximum absolute atomic E-state index is 12.9. The van der Waals surface area contributed by atoms with Gasteiger partial charge in [0.05, 0.1) is 0 Å². The zero-order chi connectivity index (χ0) is 19.5. The lowest BCUT2D eigenvalue weighted by Gasteiger charge is -2.32. The zero-order valence-electron chi connectivity index (χ0n) is 15.3. The number of carbonyl (C=O) groups is 2. The summed E-state index contributed by atoms with van der Waals surface area (Å²) in [4.78, 5) is 30.3. The van der Waals surface area contributed by atoms with Gasteiger partial charge in [-0.1, -0.05) is 35.5 Å². The van der Waals surface area contributed by atoms with Crippen LogP contribution in [0.15, 0.2) is 53.3 Å². The largest absolute Gasteiger partial charge is 0.368 e. The van der Waals surface area contributed by atoms with E-state index in [0.29, 0.717) is 24.5 Å². The molecule has 1 atom stereocenters. The average molecular weight is 379 g/mol. The molecule has 1 saturated heterocycles. The van der Waals surface area contributed by atoms with Gasteiger partial charge >= 0.3 is 0 Å². The number of nitrogens with zero attached hydrogens (tertiary/aromatic N) is 4. The number of benzene rings is 1. The van der Waals surface area contributed by atoms with Crippen LogP contribution in [0, 0.1) is 0 Å². The number of imidazole rings is 1. The summed E-state index contributed by atoms with van der Waals surface area (Å²) < 4.78 is 7.11. The molecule has 0 saturated carbocycles. The Balaban J connectivity index is 1.49. The molecule has 3 aromatic rings. The molecule has 1 fully saturated rings. The fourth-order valence-corrected chi connectivity index (χ4v) is 3.63. The van der Waals surface area contributed by atoms with Crippen LogP contribution in [0.3, 0.4) is 0 Å². The van der Waals surface area contributed by atoms with Gasteiger partial charge < -0.3 is 19.7 Å². The SMILES string of the molecule is NC(=O)Cn1ccnc1C1CCCN(C(=O)c2cc(-c3ccccc3)on2)C1. The molecule has 1 aliphatic heterocycles. The van der Waals surface area contributed by atoms with Crippen molar-refractivity contribution in [2.24, 2.45) is 5.73 Å². The van der Waals surface area contributed by atoms with Crippen molar-refractivity contribution in [2.75, 3.05) is 13.1 Å². The summed E-state index contributed by atoms with van der Waals surface area (Å²) in [6, 6.07) is 11.2. The van der Waals surface area contributed by atoms with Crippen LogP contribution < -0.4 is 5.73 Å². The lowest BCUT2D eigenvalue weighted by atomic mass is 9.96. The van der Waals surface area contributed by atoms with Crippen LogP contribution >= 0.6 is 0 Å². The van der Waals surface area contributed by atoms with Crippen molar-refractivity contribution < 1.29 is 14.1 Å². The molecule has 8 heteroatoms. The molecule has 1 unspecified atom stereocenters. The molecule has 28 heavy (non-hydrogen) atoms. The van der Waals surface area contributed by atoms with E-state index in [-0.39, 0.29) is 18.4 Å². The van der Waals surface area contributed by atoms with Crippen LogP contribution in [0.25, 0.3) is 11.3 Å². The van der Waals surface area contributed by atoms with Crippen LogP contribution in [0.4, 0.5) is 0 Å². The Morgan fingerprint density at radius 3 is 2.86 bits per heavy atom. The molecule has 144 valence electrons. The van der Waals surface area contributed by atoms with Crippen molar-refractivity contribution in [1.82, 2.24) is 19.6 Å². The number of piperidine rings is 1. The third-order valence-electron chi connectivity index (χ3n) is 4.94. The van der Waals surface area contributed by atoms with Crippen molar-refractivity contribution in [1.29, 1.82) is 0 Å². The minimum Gasteiger partial charge on any atom is -0.368 e. The van der Waals surface area contributed by atoms with E-state index in [0.717, 1.165) is 24.2 Å². The highest BCUT2D eigenvalue weighted by Gasteiger charge is 2.29. The van der Waals surface area contributed by atoms with Gasteiger partial charge in [-0.25, -0.2) is 4.98 Å². The summed E-state index contributed by atoms with van der Waals surface area (Å²) in [6.45, 7) is 1.25. The molecule has 2 aromatic heterocycles. The number of hydrogen-bond acceptors (Lipinski definition) is 5. The van der Waals surface area contributed by atoms with Gasteiger partial charge in [0.15, 0.2) is 11.5 Å². The van der Waals surface area contributed by atoms with Gasteiger partial charge in [0.25, 0.3) is 5.91 Å². The van der Waals surface area contributed by atoms with Crippen molar-refractivity contribution in [3.63, 3.8) is 0 Å². The number of primary amides is 1. The molecule has 0 bridgehead atoms. The van der Waals surface area contributed by atoms with Crippen LogP contribution in [0.2, 0.25) is 0 Å². The Hall–Kier alpha value is -3.42. The van der Waals surface area contributed by atoms with E-state index >= 15 is 0 Å². The fraction of sp³-hybridized carbons (Fsp3) is 0.300. The van der Waals surface area contributed by atoms with Gasteiger partial charge in [-0.05, 0) is 12.8 Å². The number of carbonyl (C=O) groups excluding carboxylic acids is 2. The highest BCUT2D eigenvalue weighted by atomic mass is 16.5. The molecule has 3 heterocycles. The van der Waals surface area contributed by atoms with Crippen molar-refractivity contribution in [3.05, 3.63) is 60.3 Å². The van der Waals surface area contributed by atoms with Gasteiger partial charge in [0, 0.05) is 43.0 Å². The number of aromatic nitrogens is 3. The minimum atomic E-state index is -0.418. The van der Waals surface area contributed by atoms with Crippen LogP contribution in [-0.4, -0.2) is 44.5 Å². The van der Waals surface area contributed by atoms with E-state index in [1.165, 1.54) is 0 Å². The number of nitrogens with two attached hydrogens (primary N) is 1. The predicted molar refractivity (Wildman–Crippen MR) is 101 cm³/mol. The van der Waals surface area contributed by atoms with E-state index in [4.69, 9.17) is 10.3 Å². The zero-order valence-corrected chi connectivity index (χ0v) is 15.3. The van der Waals surface area contributed by atoms with Crippen molar-refractivity contribution >= 4 is 11.8 Å². The second-order valence-corrected chi connectivity index (χ2v) is 6.91. The summed E-state index contributed by atoms with van der Waals surface area (Å²) in [5.41, 5.74) is 6.48. The Morgan fingerprint density at radius 2 is 2.07 bits per heavy atom. The smallest absolute Gasteiger partial charge is 0.276 e.